The highest BCUT2D eigenvalue weighted by atomic mass is 19.2. The molecule has 1 aliphatic carbocycles. The number of halogens is 4. The number of benzene rings is 1. The Labute approximate surface area is 129 Å². The first kappa shape index (κ1) is 17.0. The van der Waals surface area contributed by atoms with Crippen LogP contribution in [0.25, 0.3) is 0 Å². The first-order valence-corrected chi connectivity index (χ1v) is 6.83. The second kappa shape index (κ2) is 6.80. The Morgan fingerprint density at radius 3 is 2.61 bits per heavy atom. The highest BCUT2D eigenvalue weighted by Gasteiger charge is 2.44. The molecule has 2 atom stereocenters. The summed E-state index contributed by atoms with van der Waals surface area (Å²) < 4.78 is 57.3. The number of carbonyl (C=O) groups excluding carboxylic acids is 2. The Morgan fingerprint density at radius 1 is 1.26 bits per heavy atom. The lowest BCUT2D eigenvalue weighted by atomic mass is 10.1. The van der Waals surface area contributed by atoms with E-state index in [9.17, 15) is 27.2 Å². The van der Waals surface area contributed by atoms with Gasteiger partial charge < -0.3 is 10.1 Å². The molecule has 0 radical (unpaired) electrons. The fraction of sp³-hybridized carbons (Fsp3) is 0.333. The summed E-state index contributed by atoms with van der Waals surface area (Å²) in [6.07, 6.45) is 2.69. The number of hydrogen-bond donors (Lipinski definition) is 1. The van der Waals surface area contributed by atoms with Crippen molar-refractivity contribution in [3.8, 4) is 0 Å². The molecule has 0 spiro atoms. The highest BCUT2D eigenvalue weighted by molar-refractivity contribution is 6.00. The zero-order chi connectivity index (χ0) is 17.1. The normalized spacial score (nSPS) is 19.7. The van der Waals surface area contributed by atoms with Crippen molar-refractivity contribution in [3.05, 3.63) is 47.2 Å². The van der Waals surface area contributed by atoms with Gasteiger partial charge in [-0.25, -0.2) is 22.4 Å². The number of ketones is 1. The topological polar surface area (TPSA) is 55.4 Å². The van der Waals surface area contributed by atoms with E-state index in [0.717, 1.165) is 6.08 Å². The van der Waals surface area contributed by atoms with Gasteiger partial charge in [0.15, 0.2) is 29.1 Å². The first-order chi connectivity index (χ1) is 10.9. The van der Waals surface area contributed by atoms with Crippen LogP contribution in [0.3, 0.4) is 0 Å². The summed E-state index contributed by atoms with van der Waals surface area (Å²) in [6, 6.07) is -0.0522. The van der Waals surface area contributed by atoms with Gasteiger partial charge in [0.1, 0.15) is 0 Å². The second-order valence-electron chi connectivity index (χ2n) is 4.91. The standard InChI is InChI=1S/C15H13F4NO3/c1-2-23-11(21)3-4-20-10-6-7(10)15(22)8-5-9(16)13(18)14(19)12(8)17/h3-5,7,10,20H,2,6H2,1H3. The number of Topliss-reactive ketones (excluding diaryl/α,β-unsaturated/α-hetero) is 1. The summed E-state index contributed by atoms with van der Waals surface area (Å²) in [7, 11) is 0. The van der Waals surface area contributed by atoms with Crippen LogP contribution in [0.4, 0.5) is 17.6 Å². The van der Waals surface area contributed by atoms with Crippen LogP contribution in [0, 0.1) is 29.2 Å². The lowest BCUT2D eigenvalue weighted by Crippen LogP contribution is -2.17. The molecule has 1 aliphatic rings. The Kier molecular flexibility index (Phi) is 5.02. The minimum atomic E-state index is -2.01. The third-order valence-electron chi connectivity index (χ3n) is 3.31. The van der Waals surface area contributed by atoms with Crippen LogP contribution in [-0.4, -0.2) is 24.4 Å². The average molecular weight is 331 g/mol. The van der Waals surface area contributed by atoms with E-state index in [-0.39, 0.29) is 6.61 Å². The molecule has 124 valence electrons. The molecular formula is C15H13F4NO3. The summed E-state index contributed by atoms with van der Waals surface area (Å²) in [5.41, 5.74) is -0.829. The third kappa shape index (κ3) is 3.69. The molecule has 0 aromatic heterocycles. The predicted molar refractivity (Wildman–Crippen MR) is 71.4 cm³/mol. The minimum Gasteiger partial charge on any atom is -0.463 e. The smallest absolute Gasteiger partial charge is 0.332 e. The van der Waals surface area contributed by atoms with Crippen molar-refractivity contribution in [3.63, 3.8) is 0 Å². The van der Waals surface area contributed by atoms with E-state index in [1.807, 2.05) is 0 Å². The molecule has 4 nitrogen and oxygen atoms in total. The zero-order valence-corrected chi connectivity index (χ0v) is 12.0. The van der Waals surface area contributed by atoms with Crippen molar-refractivity contribution >= 4 is 11.8 Å². The van der Waals surface area contributed by atoms with Gasteiger partial charge in [0.2, 0.25) is 0 Å². The fourth-order valence-electron chi connectivity index (χ4n) is 2.05. The number of nitrogens with one attached hydrogen (secondary N) is 1. The van der Waals surface area contributed by atoms with Crippen LogP contribution in [0.15, 0.2) is 18.3 Å². The number of rotatable bonds is 6. The molecule has 23 heavy (non-hydrogen) atoms. The molecule has 0 bridgehead atoms. The third-order valence-corrected chi connectivity index (χ3v) is 3.31. The van der Waals surface area contributed by atoms with Crippen molar-refractivity contribution in [2.75, 3.05) is 6.61 Å². The molecule has 1 aromatic carbocycles. The summed E-state index contributed by atoms with van der Waals surface area (Å²) in [5, 5.41) is 2.72. The molecule has 1 fully saturated rings. The van der Waals surface area contributed by atoms with Gasteiger partial charge in [0.05, 0.1) is 12.2 Å². The van der Waals surface area contributed by atoms with E-state index in [1.165, 1.54) is 6.20 Å². The van der Waals surface area contributed by atoms with Gasteiger partial charge in [-0.05, 0) is 19.4 Å². The maximum Gasteiger partial charge on any atom is 0.332 e. The number of hydrogen-bond acceptors (Lipinski definition) is 4. The summed E-state index contributed by atoms with van der Waals surface area (Å²) in [5.74, 6) is -9.41. The van der Waals surface area contributed by atoms with Crippen molar-refractivity contribution in [1.82, 2.24) is 5.32 Å². The van der Waals surface area contributed by atoms with Crippen LogP contribution in [-0.2, 0) is 9.53 Å². The van der Waals surface area contributed by atoms with Gasteiger partial charge in [0, 0.05) is 24.2 Å². The van der Waals surface area contributed by atoms with Crippen LogP contribution in [0.5, 0.6) is 0 Å². The average Bonchev–Trinajstić information content (AvgIpc) is 3.28. The molecule has 0 saturated heterocycles. The largest absolute Gasteiger partial charge is 0.463 e. The lowest BCUT2D eigenvalue weighted by Gasteiger charge is -2.05. The number of carbonyl (C=O) groups is 2. The lowest BCUT2D eigenvalue weighted by molar-refractivity contribution is -0.137. The maximum absolute atomic E-state index is 13.6. The van der Waals surface area contributed by atoms with Gasteiger partial charge >= 0.3 is 5.97 Å². The quantitative estimate of drug-likeness (QED) is 0.217. The molecule has 1 N–H and O–H groups in total. The zero-order valence-electron chi connectivity index (χ0n) is 12.0. The number of ether oxygens (including phenoxy) is 1. The molecule has 1 aromatic rings. The van der Waals surface area contributed by atoms with Gasteiger partial charge in [-0.3, -0.25) is 4.79 Å². The van der Waals surface area contributed by atoms with Crippen LogP contribution in [0.2, 0.25) is 0 Å². The van der Waals surface area contributed by atoms with Gasteiger partial charge in [-0.1, -0.05) is 0 Å². The van der Waals surface area contributed by atoms with Crippen LogP contribution in [0.1, 0.15) is 23.7 Å². The van der Waals surface area contributed by atoms with Crippen molar-refractivity contribution in [2.45, 2.75) is 19.4 Å². The van der Waals surface area contributed by atoms with E-state index in [2.05, 4.69) is 10.1 Å². The molecule has 2 unspecified atom stereocenters. The first-order valence-electron chi connectivity index (χ1n) is 6.83. The van der Waals surface area contributed by atoms with E-state index in [1.54, 1.807) is 6.92 Å². The Morgan fingerprint density at radius 2 is 1.96 bits per heavy atom. The van der Waals surface area contributed by atoms with Crippen molar-refractivity contribution < 1.29 is 31.9 Å². The molecule has 8 heteroatoms. The molecule has 1 saturated carbocycles. The van der Waals surface area contributed by atoms with E-state index in [0.29, 0.717) is 12.5 Å². The second-order valence-corrected chi connectivity index (χ2v) is 4.91. The monoisotopic (exact) mass is 331 g/mol. The Hall–Kier alpha value is -2.38. The Bertz CT molecular complexity index is 675. The van der Waals surface area contributed by atoms with Crippen LogP contribution < -0.4 is 5.32 Å². The predicted octanol–water partition coefficient (Wildman–Crippen LogP) is 2.48. The van der Waals surface area contributed by atoms with Gasteiger partial charge in [-0.15, -0.1) is 0 Å². The van der Waals surface area contributed by atoms with E-state index >= 15 is 0 Å². The molecule has 0 amide bonds. The van der Waals surface area contributed by atoms with Crippen molar-refractivity contribution in [1.29, 1.82) is 0 Å². The molecule has 0 heterocycles. The van der Waals surface area contributed by atoms with Gasteiger partial charge in [-0.2, -0.15) is 0 Å². The Balaban J connectivity index is 2.00. The van der Waals surface area contributed by atoms with E-state index in [4.69, 9.17) is 0 Å². The van der Waals surface area contributed by atoms with Crippen molar-refractivity contribution in [2.24, 2.45) is 5.92 Å². The minimum absolute atomic E-state index is 0.217. The SMILES string of the molecule is CCOC(=O)C=CNC1CC1C(=O)c1cc(F)c(F)c(F)c1F. The molecular weight excluding hydrogens is 318 g/mol. The summed E-state index contributed by atoms with van der Waals surface area (Å²) in [4.78, 5) is 23.1. The summed E-state index contributed by atoms with van der Waals surface area (Å²) >= 11 is 0. The van der Waals surface area contributed by atoms with Gasteiger partial charge in [0.25, 0.3) is 0 Å². The molecule has 2 rings (SSSR count). The fourth-order valence-corrected chi connectivity index (χ4v) is 2.05. The van der Waals surface area contributed by atoms with Crippen LogP contribution >= 0.6 is 0 Å². The molecule has 0 aliphatic heterocycles. The maximum atomic E-state index is 13.6. The summed E-state index contributed by atoms with van der Waals surface area (Å²) in [6.45, 7) is 1.86. The number of esters is 1. The van der Waals surface area contributed by atoms with E-state index < -0.39 is 52.5 Å². The highest BCUT2D eigenvalue weighted by Crippen LogP contribution is 2.35.